The summed E-state index contributed by atoms with van der Waals surface area (Å²) in [7, 11) is 0. The van der Waals surface area contributed by atoms with E-state index in [0.29, 0.717) is 0 Å². The van der Waals surface area contributed by atoms with Gasteiger partial charge in [0.25, 0.3) is 6.71 Å². The summed E-state index contributed by atoms with van der Waals surface area (Å²) in [5.74, 6) is 0.732. The highest BCUT2D eigenvalue weighted by atomic mass is 32.1. The first-order valence-corrected chi connectivity index (χ1v) is 15.3. The summed E-state index contributed by atoms with van der Waals surface area (Å²) in [6.07, 6.45) is 2.02. The molecule has 9 rings (SSSR count). The van der Waals surface area contributed by atoms with Crippen LogP contribution in [0, 0.1) is 0 Å². The second kappa shape index (κ2) is 8.23. The Morgan fingerprint density at radius 2 is 1.08 bits per heavy atom. The van der Waals surface area contributed by atoms with Crippen LogP contribution < -0.4 is 19.9 Å². The fourth-order valence-electron chi connectivity index (χ4n) is 5.94. The lowest BCUT2D eigenvalue weighted by atomic mass is 9.41. The molecule has 0 amide bonds. The van der Waals surface area contributed by atoms with Crippen LogP contribution in [0.2, 0.25) is 0 Å². The first-order valence-electron chi connectivity index (χ1n) is 12.9. The summed E-state index contributed by atoms with van der Waals surface area (Å²) in [6.45, 7) is 0.162. The van der Waals surface area contributed by atoms with Gasteiger partial charge in [0.2, 0.25) is 5.95 Å². The Bertz CT molecular complexity index is 2130. The van der Waals surface area contributed by atoms with Gasteiger partial charge in [-0.25, -0.2) is 9.97 Å². The van der Waals surface area contributed by atoms with Crippen molar-refractivity contribution in [2.45, 2.75) is 0 Å². The molecule has 39 heavy (non-hydrogen) atoms. The van der Waals surface area contributed by atoms with E-state index >= 15 is 0 Å². The minimum absolute atomic E-state index is 0.162. The predicted molar refractivity (Wildman–Crippen MR) is 171 cm³/mol. The first kappa shape index (κ1) is 21.9. The number of thiophene rings is 3. The minimum Gasteiger partial charge on any atom is -0.277 e. The van der Waals surface area contributed by atoms with E-state index < -0.39 is 0 Å². The van der Waals surface area contributed by atoms with Gasteiger partial charge < -0.3 is 0 Å². The summed E-state index contributed by atoms with van der Waals surface area (Å²) in [6, 6.07) is 37.0. The molecule has 7 heteroatoms. The smallest absolute Gasteiger partial charge is 0.272 e. The molecule has 8 aromatic rings. The van der Waals surface area contributed by atoms with Gasteiger partial charge in [-0.3, -0.25) is 4.90 Å². The quantitative estimate of drug-likeness (QED) is 0.208. The fourth-order valence-corrected chi connectivity index (χ4v) is 9.72. The van der Waals surface area contributed by atoms with Gasteiger partial charge in [0.05, 0.1) is 11.4 Å². The van der Waals surface area contributed by atoms with Gasteiger partial charge >= 0.3 is 0 Å². The molecule has 0 saturated carbocycles. The molecule has 0 N–H and O–H groups in total. The van der Waals surface area contributed by atoms with Gasteiger partial charge in [-0.1, -0.05) is 90.4 Å². The third kappa shape index (κ3) is 3.09. The van der Waals surface area contributed by atoms with Gasteiger partial charge in [-0.05, 0) is 18.2 Å². The molecule has 3 nitrogen and oxygen atoms in total. The van der Waals surface area contributed by atoms with E-state index in [-0.39, 0.29) is 6.71 Å². The van der Waals surface area contributed by atoms with Crippen LogP contribution in [0.1, 0.15) is 0 Å². The summed E-state index contributed by atoms with van der Waals surface area (Å²) < 4.78 is 6.51. The molecule has 0 spiro atoms. The molecule has 5 heterocycles. The second-order valence-corrected chi connectivity index (χ2v) is 13.0. The molecule has 4 aromatic heterocycles. The van der Waals surface area contributed by atoms with Crippen LogP contribution in [-0.2, 0) is 0 Å². The molecule has 0 unspecified atom stereocenters. The van der Waals surface area contributed by atoms with Crippen LogP contribution in [0.5, 0.6) is 0 Å². The highest BCUT2D eigenvalue weighted by molar-refractivity contribution is 7.40. The van der Waals surface area contributed by atoms with Crippen molar-refractivity contribution in [2.75, 3.05) is 4.90 Å². The molecular weight excluding hydrogens is 533 g/mol. The van der Waals surface area contributed by atoms with Crippen molar-refractivity contribution in [1.29, 1.82) is 0 Å². The van der Waals surface area contributed by atoms with Gasteiger partial charge in [-0.15, -0.1) is 34.0 Å². The summed E-state index contributed by atoms with van der Waals surface area (Å²) >= 11 is 5.53. The summed E-state index contributed by atoms with van der Waals surface area (Å²) in [5, 5.41) is 4.83. The topological polar surface area (TPSA) is 29.0 Å². The molecule has 0 bridgehead atoms. The molecule has 0 radical (unpaired) electrons. The maximum atomic E-state index is 5.25. The zero-order valence-electron chi connectivity index (χ0n) is 20.5. The van der Waals surface area contributed by atoms with E-state index in [2.05, 4.69) is 108 Å². The Balaban J connectivity index is 1.40. The van der Waals surface area contributed by atoms with Gasteiger partial charge in [0.1, 0.15) is 4.83 Å². The third-order valence-corrected chi connectivity index (χ3v) is 11.2. The van der Waals surface area contributed by atoms with Crippen LogP contribution in [0.25, 0.3) is 40.5 Å². The molecule has 182 valence electrons. The van der Waals surface area contributed by atoms with Crippen molar-refractivity contribution in [3.63, 3.8) is 0 Å². The van der Waals surface area contributed by atoms with Crippen molar-refractivity contribution >= 4 is 114 Å². The van der Waals surface area contributed by atoms with Crippen molar-refractivity contribution < 1.29 is 0 Å². The van der Waals surface area contributed by atoms with Crippen molar-refractivity contribution in [2.24, 2.45) is 0 Å². The lowest BCUT2D eigenvalue weighted by Crippen LogP contribution is -2.54. The standard InChI is InChI=1S/C32H18BN3S3/c1-2-10-19(11-3-1)33-29-27(21-13-5-8-16-25(21)37-29)36(28-22-14-6-9-17-26(22)38-30(28)33)32-34-18-23-20-12-4-7-15-24(20)39-31(23)35-32/h1-18H. The van der Waals surface area contributed by atoms with E-state index in [4.69, 9.17) is 9.97 Å². The lowest BCUT2D eigenvalue weighted by Gasteiger charge is -2.32. The highest BCUT2D eigenvalue weighted by Crippen LogP contribution is 2.47. The van der Waals surface area contributed by atoms with Gasteiger partial charge in [-0.2, -0.15) is 0 Å². The second-order valence-electron chi connectivity index (χ2n) is 9.79. The van der Waals surface area contributed by atoms with E-state index in [0.717, 1.165) is 16.2 Å². The van der Waals surface area contributed by atoms with Crippen LogP contribution in [0.15, 0.2) is 109 Å². The zero-order valence-corrected chi connectivity index (χ0v) is 23.0. The number of nitrogens with zero attached hydrogens (tertiary/aromatic N) is 3. The number of fused-ring (bicyclic) bond motifs is 9. The molecule has 0 fully saturated rings. The third-order valence-electron chi connectivity index (χ3n) is 7.62. The van der Waals surface area contributed by atoms with Crippen molar-refractivity contribution in [1.82, 2.24) is 9.97 Å². The highest BCUT2D eigenvalue weighted by Gasteiger charge is 2.41. The monoisotopic (exact) mass is 551 g/mol. The first-order chi connectivity index (χ1) is 19.3. The number of hydrogen-bond acceptors (Lipinski definition) is 6. The molecule has 1 aliphatic rings. The summed E-state index contributed by atoms with van der Waals surface area (Å²) in [4.78, 5) is 13.7. The predicted octanol–water partition coefficient (Wildman–Crippen LogP) is 7.57. The van der Waals surface area contributed by atoms with Gasteiger partial charge in [0.15, 0.2) is 0 Å². The maximum Gasteiger partial charge on any atom is 0.272 e. The average molecular weight is 552 g/mol. The Hall–Kier alpha value is -4.04. The van der Waals surface area contributed by atoms with E-state index in [1.165, 1.54) is 56.6 Å². The van der Waals surface area contributed by atoms with E-state index in [1.807, 2.05) is 28.9 Å². The molecule has 0 aliphatic carbocycles. The average Bonchev–Trinajstić information content (AvgIpc) is 3.67. The van der Waals surface area contributed by atoms with Crippen LogP contribution in [-0.4, -0.2) is 16.7 Å². The molecule has 0 saturated heterocycles. The fraction of sp³-hybridized carbons (Fsp3) is 0. The number of hydrogen-bond donors (Lipinski definition) is 0. The Labute approximate surface area is 236 Å². The lowest BCUT2D eigenvalue weighted by molar-refractivity contribution is 1.13. The largest absolute Gasteiger partial charge is 0.277 e. The molecule has 4 aromatic carbocycles. The Morgan fingerprint density at radius 3 is 1.72 bits per heavy atom. The van der Waals surface area contributed by atoms with Crippen molar-refractivity contribution in [3.05, 3.63) is 109 Å². The SMILES string of the molecule is c1ccc(B2c3sc4ccccc4c3N(c3ncc4c(n3)sc3ccccc34)c3c2sc2ccccc32)cc1. The molecular formula is C32H18BN3S3. The van der Waals surface area contributed by atoms with E-state index in [1.54, 1.807) is 11.3 Å². The van der Waals surface area contributed by atoms with Crippen LogP contribution in [0.3, 0.4) is 0 Å². The number of aromatic nitrogens is 2. The van der Waals surface area contributed by atoms with E-state index in [9.17, 15) is 0 Å². The van der Waals surface area contributed by atoms with Crippen LogP contribution >= 0.6 is 34.0 Å². The molecule has 0 atom stereocenters. The Morgan fingerprint density at radius 1 is 0.538 bits per heavy atom. The molecule has 1 aliphatic heterocycles. The Kier molecular flexibility index (Phi) is 4.61. The maximum absolute atomic E-state index is 5.25. The zero-order chi connectivity index (χ0) is 25.5. The van der Waals surface area contributed by atoms with Crippen LogP contribution in [0.4, 0.5) is 17.3 Å². The number of rotatable bonds is 2. The number of anilines is 3. The van der Waals surface area contributed by atoms with Crippen molar-refractivity contribution in [3.8, 4) is 0 Å². The summed E-state index contributed by atoms with van der Waals surface area (Å²) in [5.41, 5.74) is 3.74. The number of benzene rings is 4. The normalized spacial score (nSPS) is 13.0. The van der Waals surface area contributed by atoms with Gasteiger partial charge in [0, 0.05) is 51.4 Å². The minimum atomic E-state index is 0.162.